The molecular weight excluding hydrogens is 376 g/mol. The fraction of sp³-hybridized carbons (Fsp3) is 0.619. The van der Waals surface area contributed by atoms with Crippen LogP contribution < -0.4 is 14.4 Å². The number of piperazine rings is 1. The minimum absolute atomic E-state index is 0.314. The fourth-order valence-corrected chi connectivity index (χ4v) is 2.80. The summed E-state index contributed by atoms with van der Waals surface area (Å²) in [6, 6.07) is 5.14. The second kappa shape index (κ2) is 8.80. The molecule has 0 N–H and O–H groups in total. The van der Waals surface area contributed by atoms with E-state index in [9.17, 15) is 9.59 Å². The van der Waals surface area contributed by atoms with Crippen LogP contribution in [-0.2, 0) is 9.47 Å². The van der Waals surface area contributed by atoms with Crippen LogP contribution in [0.2, 0.25) is 0 Å². The van der Waals surface area contributed by atoms with Gasteiger partial charge in [-0.15, -0.1) is 0 Å². The summed E-state index contributed by atoms with van der Waals surface area (Å²) < 4.78 is 21.4. The van der Waals surface area contributed by atoms with E-state index in [-0.39, 0.29) is 6.09 Å². The summed E-state index contributed by atoms with van der Waals surface area (Å²) in [6.45, 7) is 13.1. The predicted molar refractivity (Wildman–Crippen MR) is 110 cm³/mol. The number of anilines is 1. The molecule has 0 aliphatic carbocycles. The topological polar surface area (TPSA) is 77.5 Å². The first-order valence-corrected chi connectivity index (χ1v) is 9.70. The quantitative estimate of drug-likeness (QED) is 0.551. The minimum atomic E-state index is -0.761. The molecule has 0 radical (unpaired) electrons. The van der Waals surface area contributed by atoms with E-state index in [4.69, 9.17) is 18.9 Å². The van der Waals surface area contributed by atoms with E-state index in [1.165, 1.54) is 0 Å². The van der Waals surface area contributed by atoms with Crippen molar-refractivity contribution in [3.63, 3.8) is 0 Å². The van der Waals surface area contributed by atoms with Crippen molar-refractivity contribution in [2.45, 2.75) is 52.7 Å². The number of hydrogen-bond acceptors (Lipinski definition) is 7. The van der Waals surface area contributed by atoms with Gasteiger partial charge in [-0.3, -0.25) is 0 Å². The number of ether oxygens (including phenoxy) is 4. The van der Waals surface area contributed by atoms with Crippen molar-refractivity contribution >= 4 is 17.9 Å². The Morgan fingerprint density at radius 2 is 1.48 bits per heavy atom. The molecule has 1 aromatic carbocycles. The molecule has 8 heteroatoms. The summed E-state index contributed by atoms with van der Waals surface area (Å²) in [7, 11) is 1.59. The molecule has 1 fully saturated rings. The number of hydrogen-bond donors (Lipinski definition) is 0. The van der Waals surface area contributed by atoms with Gasteiger partial charge in [0.2, 0.25) is 0 Å². The molecule has 0 aromatic heterocycles. The van der Waals surface area contributed by atoms with Crippen LogP contribution in [0.1, 0.15) is 41.5 Å². The van der Waals surface area contributed by atoms with Crippen molar-refractivity contribution in [2.75, 3.05) is 38.2 Å². The highest BCUT2D eigenvalue weighted by Crippen LogP contribution is 2.33. The van der Waals surface area contributed by atoms with Crippen molar-refractivity contribution in [2.24, 2.45) is 0 Å². The zero-order valence-electron chi connectivity index (χ0n) is 18.4. The van der Waals surface area contributed by atoms with Gasteiger partial charge in [-0.1, -0.05) is 0 Å². The zero-order chi connectivity index (χ0) is 21.8. The number of methoxy groups -OCH3 is 1. The number of nitrogens with zero attached hydrogens (tertiary/aromatic N) is 2. The monoisotopic (exact) mass is 408 g/mol. The van der Waals surface area contributed by atoms with Gasteiger partial charge in [0.05, 0.1) is 12.8 Å². The van der Waals surface area contributed by atoms with Gasteiger partial charge in [-0.05, 0) is 53.7 Å². The highest BCUT2D eigenvalue weighted by molar-refractivity contribution is 5.70. The summed E-state index contributed by atoms with van der Waals surface area (Å²) in [6.07, 6.45) is -1.07. The largest absolute Gasteiger partial charge is 0.514 e. The van der Waals surface area contributed by atoms with Crippen LogP contribution in [0.5, 0.6) is 11.5 Å². The van der Waals surface area contributed by atoms with Gasteiger partial charge in [-0.25, -0.2) is 9.59 Å². The number of rotatable bonds is 3. The lowest BCUT2D eigenvalue weighted by molar-refractivity contribution is 0.0201. The molecule has 0 unspecified atom stereocenters. The SMILES string of the molecule is COc1ccc(OC(=O)OC(C)(C)C)cc1N1CCN(C(=O)OC(C)(C)C)CC1. The lowest BCUT2D eigenvalue weighted by Gasteiger charge is -2.37. The van der Waals surface area contributed by atoms with E-state index in [1.807, 2.05) is 20.8 Å². The molecule has 29 heavy (non-hydrogen) atoms. The summed E-state index contributed by atoms with van der Waals surface area (Å²) in [5, 5.41) is 0. The summed E-state index contributed by atoms with van der Waals surface area (Å²) in [5.74, 6) is 1.02. The number of carbonyl (C=O) groups is 2. The minimum Gasteiger partial charge on any atom is -0.495 e. The lowest BCUT2D eigenvalue weighted by atomic mass is 10.2. The molecule has 2 rings (SSSR count). The Kier molecular flexibility index (Phi) is 6.87. The smallest absolute Gasteiger partial charge is 0.495 e. The second-order valence-corrected chi connectivity index (χ2v) is 8.85. The van der Waals surface area contributed by atoms with Crippen LogP contribution in [-0.4, -0.2) is 61.6 Å². The molecule has 1 aliphatic heterocycles. The lowest BCUT2D eigenvalue weighted by Crippen LogP contribution is -2.50. The molecule has 0 atom stereocenters. The molecule has 0 saturated carbocycles. The molecule has 0 bridgehead atoms. The maximum atomic E-state index is 12.3. The second-order valence-electron chi connectivity index (χ2n) is 8.85. The van der Waals surface area contributed by atoms with E-state index >= 15 is 0 Å². The van der Waals surface area contributed by atoms with E-state index in [2.05, 4.69) is 4.90 Å². The van der Waals surface area contributed by atoms with Crippen LogP contribution >= 0.6 is 0 Å². The fourth-order valence-electron chi connectivity index (χ4n) is 2.80. The maximum Gasteiger partial charge on any atom is 0.514 e. The van der Waals surface area contributed by atoms with E-state index in [0.717, 1.165) is 5.69 Å². The molecule has 1 saturated heterocycles. The third-order valence-electron chi connectivity index (χ3n) is 4.01. The van der Waals surface area contributed by atoms with Gasteiger partial charge < -0.3 is 28.7 Å². The third kappa shape index (κ3) is 7.03. The highest BCUT2D eigenvalue weighted by Gasteiger charge is 2.27. The average molecular weight is 408 g/mol. The van der Waals surface area contributed by atoms with Crippen molar-refractivity contribution < 1.29 is 28.5 Å². The Labute approximate surface area is 172 Å². The standard InChI is InChI=1S/C21H32N2O6/c1-20(2,3)28-18(24)23-12-10-22(11-13-23)16-14-15(8-9-17(16)26-7)27-19(25)29-21(4,5)6/h8-9,14H,10-13H2,1-7H3. The molecule has 8 nitrogen and oxygen atoms in total. The Bertz CT molecular complexity index is 728. The van der Waals surface area contributed by atoms with Gasteiger partial charge in [-0.2, -0.15) is 0 Å². The Balaban J connectivity index is 2.06. The highest BCUT2D eigenvalue weighted by atomic mass is 16.7. The molecule has 1 amide bonds. The summed E-state index contributed by atoms with van der Waals surface area (Å²) >= 11 is 0. The van der Waals surface area contributed by atoms with Crippen molar-refractivity contribution in [1.29, 1.82) is 0 Å². The first-order chi connectivity index (χ1) is 13.4. The van der Waals surface area contributed by atoms with E-state index in [0.29, 0.717) is 37.7 Å². The first-order valence-electron chi connectivity index (χ1n) is 9.70. The van der Waals surface area contributed by atoms with Crippen LogP contribution in [0.3, 0.4) is 0 Å². The van der Waals surface area contributed by atoms with Gasteiger partial charge in [0, 0.05) is 32.2 Å². The van der Waals surface area contributed by atoms with E-state index < -0.39 is 17.4 Å². The third-order valence-corrected chi connectivity index (χ3v) is 4.01. The molecule has 1 aromatic rings. The predicted octanol–water partition coefficient (Wildman–Crippen LogP) is 4.07. The van der Waals surface area contributed by atoms with Crippen LogP contribution in [0.25, 0.3) is 0 Å². The average Bonchev–Trinajstić information content (AvgIpc) is 2.58. The van der Waals surface area contributed by atoms with Gasteiger partial charge >= 0.3 is 12.2 Å². The maximum absolute atomic E-state index is 12.3. The summed E-state index contributed by atoms with van der Waals surface area (Å²) in [4.78, 5) is 28.0. The van der Waals surface area contributed by atoms with Crippen molar-refractivity contribution in [3.05, 3.63) is 18.2 Å². The van der Waals surface area contributed by atoms with Crippen LogP contribution in [0.15, 0.2) is 18.2 Å². The molecule has 0 spiro atoms. The van der Waals surface area contributed by atoms with Crippen molar-refractivity contribution in [1.82, 2.24) is 4.90 Å². The number of benzene rings is 1. The Morgan fingerprint density at radius 3 is 2.00 bits per heavy atom. The van der Waals surface area contributed by atoms with E-state index in [1.54, 1.807) is 51.0 Å². The summed E-state index contributed by atoms with van der Waals surface area (Å²) in [5.41, 5.74) is -0.368. The van der Waals surface area contributed by atoms with Crippen LogP contribution in [0.4, 0.5) is 15.3 Å². The van der Waals surface area contributed by atoms with Crippen molar-refractivity contribution in [3.8, 4) is 11.5 Å². The Hall–Kier alpha value is -2.64. The van der Waals surface area contributed by atoms with Gasteiger partial charge in [0.25, 0.3) is 0 Å². The van der Waals surface area contributed by atoms with Gasteiger partial charge in [0.15, 0.2) is 0 Å². The Morgan fingerprint density at radius 1 is 0.897 bits per heavy atom. The molecular formula is C21H32N2O6. The molecule has 1 heterocycles. The normalized spacial score (nSPS) is 15.0. The van der Waals surface area contributed by atoms with Gasteiger partial charge in [0.1, 0.15) is 22.7 Å². The first kappa shape index (κ1) is 22.6. The molecule has 1 aliphatic rings. The zero-order valence-corrected chi connectivity index (χ0v) is 18.4. The van der Waals surface area contributed by atoms with Crippen LogP contribution in [0, 0.1) is 0 Å². The number of carbonyl (C=O) groups excluding carboxylic acids is 2. The molecule has 162 valence electrons. The number of amides is 1.